The van der Waals surface area contributed by atoms with Gasteiger partial charge in [-0.1, -0.05) is 44.4 Å². The Morgan fingerprint density at radius 3 is 2.56 bits per heavy atom. The zero-order chi connectivity index (χ0) is 18.2. The van der Waals surface area contributed by atoms with Crippen LogP contribution in [0.25, 0.3) is 0 Å². The second-order valence-corrected chi connectivity index (χ2v) is 6.84. The maximum Gasteiger partial charge on any atom is 0.315 e. The van der Waals surface area contributed by atoms with Crippen LogP contribution in [0.3, 0.4) is 0 Å². The molecule has 1 aromatic carbocycles. The molecule has 0 bridgehead atoms. The van der Waals surface area contributed by atoms with Gasteiger partial charge < -0.3 is 15.5 Å². The maximum atomic E-state index is 12.2. The zero-order valence-corrected chi connectivity index (χ0v) is 15.7. The summed E-state index contributed by atoms with van der Waals surface area (Å²) in [7, 11) is 0. The van der Waals surface area contributed by atoms with Crippen molar-refractivity contribution in [2.24, 2.45) is 0 Å². The van der Waals surface area contributed by atoms with Gasteiger partial charge in [-0.2, -0.15) is 0 Å². The van der Waals surface area contributed by atoms with E-state index >= 15 is 0 Å². The van der Waals surface area contributed by atoms with E-state index in [4.69, 9.17) is 0 Å². The van der Waals surface area contributed by atoms with Crippen molar-refractivity contribution >= 4 is 17.6 Å². The minimum atomic E-state index is -0.129. The Kier molecular flexibility index (Phi) is 7.29. The molecule has 2 N–H and O–H groups in total. The lowest BCUT2D eigenvalue weighted by Crippen LogP contribution is -2.46. The van der Waals surface area contributed by atoms with Crippen molar-refractivity contribution in [2.45, 2.75) is 65.3 Å². The van der Waals surface area contributed by atoms with Crippen LogP contribution in [-0.4, -0.2) is 31.1 Å². The van der Waals surface area contributed by atoms with Crippen LogP contribution in [0.5, 0.6) is 0 Å². The molecular weight excluding hydrogens is 314 g/mol. The zero-order valence-electron chi connectivity index (χ0n) is 15.7. The van der Waals surface area contributed by atoms with Crippen LogP contribution < -0.4 is 15.5 Å². The molecule has 5 nitrogen and oxygen atoms in total. The number of hydrogen-bond acceptors (Lipinski definition) is 2. The highest BCUT2D eigenvalue weighted by atomic mass is 16.2. The highest BCUT2D eigenvalue weighted by Gasteiger charge is 2.18. The third-order valence-electron chi connectivity index (χ3n) is 4.91. The summed E-state index contributed by atoms with van der Waals surface area (Å²) in [5.41, 5.74) is 3.22. The molecule has 0 aromatic heterocycles. The maximum absolute atomic E-state index is 12.2. The summed E-state index contributed by atoms with van der Waals surface area (Å²) in [6, 6.07) is 6.26. The topological polar surface area (TPSA) is 61.4 Å². The molecule has 0 radical (unpaired) electrons. The molecule has 0 unspecified atom stereocenters. The van der Waals surface area contributed by atoms with Gasteiger partial charge in [0.05, 0.1) is 0 Å². The molecule has 5 heteroatoms. The quantitative estimate of drug-likeness (QED) is 0.828. The molecule has 2 rings (SSSR count). The fraction of sp³-hybridized carbons (Fsp3) is 0.600. The molecule has 25 heavy (non-hydrogen) atoms. The van der Waals surface area contributed by atoms with Crippen LogP contribution in [0.2, 0.25) is 0 Å². The van der Waals surface area contributed by atoms with E-state index in [0.29, 0.717) is 19.1 Å². The van der Waals surface area contributed by atoms with E-state index < -0.39 is 0 Å². The van der Waals surface area contributed by atoms with E-state index in [1.807, 2.05) is 19.1 Å². The summed E-state index contributed by atoms with van der Waals surface area (Å²) in [5, 5.41) is 5.94. The molecule has 0 spiro atoms. The predicted octanol–water partition coefficient (Wildman–Crippen LogP) is 3.54. The first kappa shape index (κ1) is 19.3. The molecule has 1 aliphatic carbocycles. The monoisotopic (exact) mass is 345 g/mol. The number of hydrogen-bond donors (Lipinski definition) is 2. The highest BCUT2D eigenvalue weighted by Crippen LogP contribution is 2.25. The Bertz CT molecular complexity index is 595. The van der Waals surface area contributed by atoms with Crippen LogP contribution >= 0.6 is 0 Å². The van der Waals surface area contributed by atoms with E-state index in [9.17, 15) is 9.59 Å². The Morgan fingerprint density at radius 2 is 1.92 bits per heavy atom. The molecular formula is C20H31N3O2. The summed E-state index contributed by atoms with van der Waals surface area (Å²) in [6.45, 7) is 6.61. The van der Waals surface area contributed by atoms with E-state index in [0.717, 1.165) is 36.1 Å². The number of carbonyl (C=O) groups is 2. The number of nitrogens with one attached hydrogen (secondary N) is 2. The van der Waals surface area contributed by atoms with Gasteiger partial charge >= 0.3 is 6.03 Å². The molecule has 3 amide bonds. The first-order chi connectivity index (χ1) is 12.0. The Balaban J connectivity index is 1.92. The SMILES string of the molecule is CCc1cccc(C)c1N(CCNC(=O)NC1CCCCC1)C(C)=O. The number of anilines is 1. The van der Waals surface area contributed by atoms with Crippen molar-refractivity contribution in [1.82, 2.24) is 10.6 Å². The molecule has 1 fully saturated rings. The number of rotatable bonds is 6. The number of aryl methyl sites for hydroxylation is 2. The fourth-order valence-corrected chi connectivity index (χ4v) is 3.58. The average molecular weight is 345 g/mol. The molecule has 138 valence electrons. The minimum Gasteiger partial charge on any atom is -0.336 e. The standard InChI is InChI=1S/C20H31N3O2/c1-4-17-10-8-9-15(2)19(17)23(16(3)24)14-13-21-20(25)22-18-11-6-5-7-12-18/h8-10,18H,4-7,11-14H2,1-3H3,(H2,21,22,25). The summed E-state index contributed by atoms with van der Waals surface area (Å²) < 4.78 is 0. The van der Waals surface area contributed by atoms with Crippen molar-refractivity contribution in [3.8, 4) is 0 Å². The van der Waals surface area contributed by atoms with Crippen molar-refractivity contribution < 1.29 is 9.59 Å². The van der Waals surface area contributed by atoms with Crippen molar-refractivity contribution in [1.29, 1.82) is 0 Å². The third-order valence-corrected chi connectivity index (χ3v) is 4.91. The Hall–Kier alpha value is -2.04. The summed E-state index contributed by atoms with van der Waals surface area (Å²) >= 11 is 0. The first-order valence-electron chi connectivity index (χ1n) is 9.44. The Morgan fingerprint density at radius 1 is 1.20 bits per heavy atom. The summed E-state index contributed by atoms with van der Waals surface area (Å²) in [5.74, 6) is -0.00140. The summed E-state index contributed by atoms with van der Waals surface area (Å²) in [6.07, 6.45) is 6.65. The van der Waals surface area contributed by atoms with E-state index in [1.165, 1.54) is 19.3 Å². The van der Waals surface area contributed by atoms with Gasteiger partial charge in [-0.25, -0.2) is 4.79 Å². The van der Waals surface area contributed by atoms with E-state index in [-0.39, 0.29) is 11.9 Å². The fourth-order valence-electron chi connectivity index (χ4n) is 3.58. The number of para-hydroxylation sites is 1. The van der Waals surface area contributed by atoms with Gasteiger partial charge in [0.1, 0.15) is 0 Å². The number of benzene rings is 1. The van der Waals surface area contributed by atoms with Crippen molar-refractivity contribution in [3.63, 3.8) is 0 Å². The highest BCUT2D eigenvalue weighted by molar-refractivity contribution is 5.93. The third kappa shape index (κ3) is 5.48. The smallest absolute Gasteiger partial charge is 0.315 e. The number of amides is 3. The lowest BCUT2D eigenvalue weighted by molar-refractivity contribution is -0.116. The van der Waals surface area contributed by atoms with Crippen LogP contribution in [0.15, 0.2) is 18.2 Å². The number of urea groups is 1. The van der Waals surface area contributed by atoms with Gasteiger partial charge in [0.25, 0.3) is 0 Å². The Labute approximate surface area is 151 Å². The van der Waals surface area contributed by atoms with Crippen LogP contribution in [-0.2, 0) is 11.2 Å². The molecule has 0 saturated heterocycles. The van der Waals surface area contributed by atoms with Gasteiger partial charge in [-0.3, -0.25) is 4.79 Å². The number of nitrogens with zero attached hydrogens (tertiary/aromatic N) is 1. The van der Waals surface area contributed by atoms with Crippen LogP contribution in [0.4, 0.5) is 10.5 Å². The summed E-state index contributed by atoms with van der Waals surface area (Å²) in [4.78, 5) is 26.0. The van der Waals surface area contributed by atoms with Gasteiger partial charge in [0, 0.05) is 31.7 Å². The minimum absolute atomic E-state index is 0.00140. The molecule has 1 aromatic rings. The predicted molar refractivity (Wildman–Crippen MR) is 102 cm³/mol. The lowest BCUT2D eigenvalue weighted by Gasteiger charge is -2.26. The van der Waals surface area contributed by atoms with Crippen molar-refractivity contribution in [3.05, 3.63) is 29.3 Å². The van der Waals surface area contributed by atoms with E-state index in [2.05, 4.69) is 23.6 Å². The molecule has 1 saturated carbocycles. The number of carbonyl (C=O) groups excluding carboxylic acids is 2. The van der Waals surface area contributed by atoms with Gasteiger partial charge in [-0.15, -0.1) is 0 Å². The van der Waals surface area contributed by atoms with Crippen LogP contribution in [0.1, 0.15) is 57.1 Å². The van der Waals surface area contributed by atoms with Gasteiger partial charge in [0.15, 0.2) is 0 Å². The normalized spacial score (nSPS) is 14.8. The van der Waals surface area contributed by atoms with Crippen molar-refractivity contribution in [2.75, 3.05) is 18.0 Å². The molecule has 0 atom stereocenters. The van der Waals surface area contributed by atoms with E-state index in [1.54, 1.807) is 11.8 Å². The largest absolute Gasteiger partial charge is 0.336 e. The second-order valence-electron chi connectivity index (χ2n) is 6.84. The first-order valence-corrected chi connectivity index (χ1v) is 9.44. The molecule has 0 heterocycles. The second kappa shape index (κ2) is 9.44. The molecule has 0 aliphatic heterocycles. The average Bonchev–Trinajstić information content (AvgIpc) is 2.59. The van der Waals surface area contributed by atoms with Crippen LogP contribution in [0, 0.1) is 6.92 Å². The van der Waals surface area contributed by atoms with Gasteiger partial charge in [0.2, 0.25) is 5.91 Å². The lowest BCUT2D eigenvalue weighted by atomic mass is 9.96. The molecule has 1 aliphatic rings. The van der Waals surface area contributed by atoms with Gasteiger partial charge in [-0.05, 0) is 37.3 Å².